The van der Waals surface area contributed by atoms with E-state index in [1.165, 1.54) is 0 Å². The summed E-state index contributed by atoms with van der Waals surface area (Å²) in [6.45, 7) is 13.6. The van der Waals surface area contributed by atoms with E-state index in [2.05, 4.69) is 41.5 Å². The largest absolute Gasteiger partial charge is 0.397 e. The lowest BCUT2D eigenvalue weighted by Gasteiger charge is -2.50. The summed E-state index contributed by atoms with van der Waals surface area (Å²) in [7, 11) is 1.50. The molecule has 0 aliphatic carbocycles. The molecule has 0 amide bonds. The van der Waals surface area contributed by atoms with Crippen molar-refractivity contribution in [3.05, 3.63) is 0 Å². The third-order valence-electron chi connectivity index (χ3n) is 4.43. The van der Waals surface area contributed by atoms with E-state index in [9.17, 15) is 0 Å². The van der Waals surface area contributed by atoms with Gasteiger partial charge >= 0.3 is 8.56 Å². The Balaban J connectivity index is 5.58. The van der Waals surface area contributed by atoms with Gasteiger partial charge in [-0.3, -0.25) is 0 Å². The summed E-state index contributed by atoms with van der Waals surface area (Å²) in [5.74, 6) is 0.594. The van der Waals surface area contributed by atoms with Gasteiger partial charge in [0.1, 0.15) is 0 Å². The van der Waals surface area contributed by atoms with Gasteiger partial charge in [0, 0.05) is 19.3 Å². The average molecular weight is 246 g/mol. The first kappa shape index (κ1) is 16.1. The predicted octanol–water partition coefficient (Wildman–Crippen LogP) is 4.35. The SMILES string of the molecule is CCC(CC)(C(C)C)[Si](OC)(OC)C(C)C. The zero-order valence-electron chi connectivity index (χ0n) is 12.4. The highest BCUT2D eigenvalue weighted by Crippen LogP contribution is 2.55. The van der Waals surface area contributed by atoms with Crippen LogP contribution in [0.3, 0.4) is 0 Å². The van der Waals surface area contributed by atoms with Gasteiger partial charge < -0.3 is 8.85 Å². The smallest absolute Gasteiger partial charge is 0.346 e. The summed E-state index contributed by atoms with van der Waals surface area (Å²) in [6, 6.07) is 0. The van der Waals surface area contributed by atoms with Gasteiger partial charge in [-0.15, -0.1) is 0 Å². The molecule has 0 rings (SSSR count). The van der Waals surface area contributed by atoms with E-state index < -0.39 is 8.56 Å². The van der Waals surface area contributed by atoms with E-state index in [1.54, 1.807) is 0 Å². The second-order valence-electron chi connectivity index (χ2n) is 5.25. The Morgan fingerprint density at radius 3 is 1.38 bits per heavy atom. The Bertz CT molecular complexity index is 172. The zero-order valence-corrected chi connectivity index (χ0v) is 13.4. The van der Waals surface area contributed by atoms with Crippen LogP contribution in [0, 0.1) is 5.92 Å². The summed E-state index contributed by atoms with van der Waals surface area (Å²) in [5.41, 5.74) is 0.477. The first-order chi connectivity index (χ1) is 7.38. The molecule has 0 aliphatic heterocycles. The van der Waals surface area contributed by atoms with Crippen molar-refractivity contribution < 1.29 is 8.85 Å². The Hall–Kier alpha value is 0.137. The van der Waals surface area contributed by atoms with E-state index in [-0.39, 0.29) is 5.04 Å². The van der Waals surface area contributed by atoms with E-state index in [1.807, 2.05) is 14.2 Å². The van der Waals surface area contributed by atoms with Gasteiger partial charge in [-0.1, -0.05) is 41.5 Å². The lowest BCUT2D eigenvalue weighted by molar-refractivity contribution is 0.162. The molecule has 0 bridgehead atoms. The highest BCUT2D eigenvalue weighted by molar-refractivity contribution is 6.72. The summed E-state index contributed by atoms with van der Waals surface area (Å²) in [5, 5.41) is 0.213. The summed E-state index contributed by atoms with van der Waals surface area (Å²) in [4.78, 5) is 0. The molecule has 0 aromatic heterocycles. The van der Waals surface area contributed by atoms with Crippen LogP contribution in [0.25, 0.3) is 0 Å². The van der Waals surface area contributed by atoms with Crippen LogP contribution in [0.5, 0.6) is 0 Å². The van der Waals surface area contributed by atoms with Gasteiger partial charge in [-0.2, -0.15) is 0 Å². The fraction of sp³-hybridized carbons (Fsp3) is 1.00. The number of rotatable bonds is 7. The van der Waals surface area contributed by atoms with Crippen molar-refractivity contribution in [1.29, 1.82) is 0 Å². The molecule has 0 saturated heterocycles. The first-order valence-corrected chi connectivity index (χ1v) is 8.38. The minimum Gasteiger partial charge on any atom is -0.397 e. The molecule has 0 saturated carbocycles. The van der Waals surface area contributed by atoms with Crippen LogP contribution < -0.4 is 0 Å². The standard InChI is InChI=1S/C13H30O2Si/c1-9-13(10-2,11(3)4)16(14-7,15-8)12(5)6/h11-12H,9-10H2,1-8H3. The Kier molecular flexibility index (Phi) is 6.23. The van der Waals surface area contributed by atoms with Gasteiger partial charge in [-0.25, -0.2) is 0 Å². The van der Waals surface area contributed by atoms with E-state index in [0.717, 1.165) is 12.8 Å². The fourth-order valence-corrected chi connectivity index (χ4v) is 8.36. The van der Waals surface area contributed by atoms with Crippen molar-refractivity contribution in [3.8, 4) is 0 Å². The summed E-state index contributed by atoms with van der Waals surface area (Å²) < 4.78 is 11.9. The molecule has 0 unspecified atom stereocenters. The molecule has 0 aliphatic rings. The van der Waals surface area contributed by atoms with Crippen molar-refractivity contribution in [2.45, 2.75) is 65.0 Å². The molecule has 2 nitrogen and oxygen atoms in total. The summed E-state index contributed by atoms with van der Waals surface area (Å²) in [6.07, 6.45) is 2.26. The fourth-order valence-electron chi connectivity index (χ4n) is 3.50. The first-order valence-electron chi connectivity index (χ1n) is 6.48. The molecule has 0 aromatic rings. The van der Waals surface area contributed by atoms with E-state index in [4.69, 9.17) is 8.85 Å². The number of hydrogen-bond donors (Lipinski definition) is 0. The van der Waals surface area contributed by atoms with Gasteiger partial charge in [-0.05, 0) is 24.3 Å². The van der Waals surface area contributed by atoms with Gasteiger partial charge in [0.2, 0.25) is 0 Å². The quantitative estimate of drug-likeness (QED) is 0.622. The molecule has 16 heavy (non-hydrogen) atoms. The molecular weight excluding hydrogens is 216 g/mol. The average Bonchev–Trinajstić information content (AvgIpc) is 2.25. The van der Waals surface area contributed by atoms with Gasteiger partial charge in [0.05, 0.1) is 0 Å². The van der Waals surface area contributed by atoms with Gasteiger partial charge in [0.15, 0.2) is 0 Å². The monoisotopic (exact) mass is 246 g/mol. The lowest BCUT2D eigenvalue weighted by atomic mass is 9.89. The number of hydrogen-bond acceptors (Lipinski definition) is 2. The maximum Gasteiger partial charge on any atom is 0.346 e. The Morgan fingerprint density at radius 2 is 1.31 bits per heavy atom. The highest BCUT2D eigenvalue weighted by atomic mass is 28.4. The molecule has 0 N–H and O–H groups in total. The van der Waals surface area contributed by atoms with Crippen LogP contribution >= 0.6 is 0 Å². The molecule has 0 atom stereocenters. The lowest BCUT2D eigenvalue weighted by Crippen LogP contribution is -2.56. The van der Waals surface area contributed by atoms with Crippen molar-refractivity contribution in [2.24, 2.45) is 5.92 Å². The van der Waals surface area contributed by atoms with E-state index >= 15 is 0 Å². The molecule has 0 radical (unpaired) electrons. The molecule has 98 valence electrons. The van der Waals surface area contributed by atoms with Crippen LogP contribution in [0.1, 0.15) is 54.4 Å². The minimum absolute atomic E-state index is 0.213. The molecule has 0 fully saturated rings. The molecule has 0 spiro atoms. The summed E-state index contributed by atoms with van der Waals surface area (Å²) >= 11 is 0. The molecular formula is C13H30O2Si. The van der Waals surface area contributed by atoms with Crippen LogP contribution in [0.2, 0.25) is 10.6 Å². The van der Waals surface area contributed by atoms with Gasteiger partial charge in [0.25, 0.3) is 0 Å². The topological polar surface area (TPSA) is 18.5 Å². The van der Waals surface area contributed by atoms with Crippen molar-refractivity contribution in [1.82, 2.24) is 0 Å². The Morgan fingerprint density at radius 1 is 0.938 bits per heavy atom. The maximum absolute atomic E-state index is 5.97. The third kappa shape index (κ3) is 2.22. The van der Waals surface area contributed by atoms with Crippen molar-refractivity contribution >= 4 is 8.56 Å². The predicted molar refractivity (Wildman–Crippen MR) is 73.0 cm³/mol. The van der Waals surface area contributed by atoms with E-state index in [0.29, 0.717) is 11.5 Å². The van der Waals surface area contributed by atoms with Crippen LogP contribution in [0.15, 0.2) is 0 Å². The Labute approximate surface area is 103 Å². The second kappa shape index (κ2) is 6.17. The van der Waals surface area contributed by atoms with Crippen LogP contribution in [-0.4, -0.2) is 22.8 Å². The molecule has 3 heteroatoms. The molecule has 0 heterocycles. The second-order valence-corrected chi connectivity index (χ2v) is 9.55. The van der Waals surface area contributed by atoms with Crippen LogP contribution in [0.4, 0.5) is 0 Å². The minimum atomic E-state index is -2.16. The van der Waals surface area contributed by atoms with Crippen molar-refractivity contribution in [3.63, 3.8) is 0 Å². The normalized spacial score (nSPS) is 13.9. The third-order valence-corrected chi connectivity index (χ3v) is 9.83. The van der Waals surface area contributed by atoms with Crippen molar-refractivity contribution in [2.75, 3.05) is 14.2 Å². The maximum atomic E-state index is 5.97. The molecule has 0 aromatic carbocycles. The van der Waals surface area contributed by atoms with Crippen LogP contribution in [-0.2, 0) is 8.85 Å². The zero-order chi connectivity index (χ0) is 13.0. The highest BCUT2D eigenvalue weighted by Gasteiger charge is 2.58.